The molecule has 0 spiro atoms. The molecule has 0 aliphatic carbocycles. The molecule has 0 aliphatic rings. The number of tetrazole rings is 1. The van der Waals surface area contributed by atoms with Gasteiger partial charge < -0.3 is 9.30 Å². The minimum absolute atomic E-state index is 0.0343. The van der Waals surface area contributed by atoms with Gasteiger partial charge in [-0.25, -0.2) is 0 Å². The molecule has 0 fully saturated rings. The Labute approximate surface area is 174 Å². The van der Waals surface area contributed by atoms with Crippen LogP contribution in [0, 0.1) is 13.8 Å². The number of ether oxygens (including phenoxy) is 1. The predicted octanol–water partition coefficient (Wildman–Crippen LogP) is 3.70. The molecular weight excluding hydrogens is 378 g/mol. The Bertz CT molecular complexity index is 1180. The lowest BCUT2D eigenvalue weighted by atomic mass is 10.1. The van der Waals surface area contributed by atoms with E-state index in [2.05, 4.69) is 32.1 Å². The second-order valence-corrected chi connectivity index (χ2v) is 7.16. The van der Waals surface area contributed by atoms with Crippen LogP contribution in [-0.4, -0.2) is 37.7 Å². The van der Waals surface area contributed by atoms with Gasteiger partial charge in [0.1, 0.15) is 12.3 Å². The van der Waals surface area contributed by atoms with E-state index in [0.29, 0.717) is 17.1 Å². The highest BCUT2D eigenvalue weighted by molar-refractivity contribution is 5.97. The van der Waals surface area contributed by atoms with Crippen LogP contribution in [-0.2, 0) is 13.1 Å². The lowest BCUT2D eigenvalue weighted by Crippen LogP contribution is -2.14. The first-order valence-corrected chi connectivity index (χ1v) is 9.71. The Balaban J connectivity index is 1.52. The SMILES string of the molecule is COc1cccc(-c2nnn(CC(=O)c3cc(C)n(Cc4ccccc4)c3C)n2)c1. The van der Waals surface area contributed by atoms with Gasteiger partial charge in [0, 0.05) is 29.1 Å². The molecule has 0 atom stereocenters. The van der Waals surface area contributed by atoms with Crippen molar-refractivity contribution in [1.82, 2.24) is 24.8 Å². The van der Waals surface area contributed by atoms with Crippen LogP contribution in [0.1, 0.15) is 27.3 Å². The first kappa shape index (κ1) is 19.6. The molecule has 4 aromatic rings. The minimum Gasteiger partial charge on any atom is -0.497 e. The number of benzene rings is 2. The Morgan fingerprint density at radius 1 is 1.03 bits per heavy atom. The van der Waals surface area contributed by atoms with Crippen molar-refractivity contribution in [3.8, 4) is 17.1 Å². The molecule has 4 rings (SSSR count). The second-order valence-electron chi connectivity index (χ2n) is 7.16. The number of aromatic nitrogens is 5. The van der Waals surface area contributed by atoms with Gasteiger partial charge in [0.2, 0.25) is 5.82 Å². The Morgan fingerprint density at radius 3 is 2.60 bits per heavy atom. The summed E-state index contributed by atoms with van der Waals surface area (Å²) < 4.78 is 7.39. The van der Waals surface area contributed by atoms with Gasteiger partial charge in [-0.15, -0.1) is 10.2 Å². The average Bonchev–Trinajstić information content (AvgIpc) is 3.34. The summed E-state index contributed by atoms with van der Waals surface area (Å²) in [6, 6.07) is 19.6. The van der Waals surface area contributed by atoms with Crippen molar-refractivity contribution >= 4 is 5.78 Å². The Hall–Kier alpha value is -3.74. The molecule has 0 aliphatic heterocycles. The number of rotatable bonds is 7. The summed E-state index contributed by atoms with van der Waals surface area (Å²) in [4.78, 5) is 14.3. The predicted molar refractivity (Wildman–Crippen MR) is 114 cm³/mol. The van der Waals surface area contributed by atoms with Crippen LogP contribution in [0.25, 0.3) is 11.4 Å². The van der Waals surface area contributed by atoms with Gasteiger partial charge in [0.25, 0.3) is 0 Å². The molecule has 0 amide bonds. The van der Waals surface area contributed by atoms with E-state index in [9.17, 15) is 4.79 Å². The lowest BCUT2D eigenvalue weighted by Gasteiger charge is -2.10. The van der Waals surface area contributed by atoms with E-state index in [1.807, 2.05) is 62.4 Å². The van der Waals surface area contributed by atoms with Crippen LogP contribution < -0.4 is 4.74 Å². The average molecular weight is 401 g/mol. The number of aryl methyl sites for hydroxylation is 1. The second kappa shape index (κ2) is 8.32. The van der Waals surface area contributed by atoms with E-state index in [1.165, 1.54) is 10.4 Å². The fourth-order valence-corrected chi connectivity index (χ4v) is 3.49. The molecule has 152 valence electrons. The number of carbonyl (C=O) groups excluding carboxylic acids is 1. The van der Waals surface area contributed by atoms with Gasteiger partial charge >= 0.3 is 0 Å². The normalized spacial score (nSPS) is 10.9. The number of hydrogen-bond acceptors (Lipinski definition) is 5. The quantitative estimate of drug-likeness (QED) is 0.442. The van der Waals surface area contributed by atoms with Crippen molar-refractivity contribution < 1.29 is 9.53 Å². The first-order valence-electron chi connectivity index (χ1n) is 9.71. The number of nitrogens with zero attached hydrogens (tertiary/aromatic N) is 5. The van der Waals surface area contributed by atoms with Crippen molar-refractivity contribution in [1.29, 1.82) is 0 Å². The summed E-state index contributed by atoms with van der Waals surface area (Å²) in [6.07, 6.45) is 0. The van der Waals surface area contributed by atoms with Crippen LogP contribution in [0.15, 0.2) is 60.7 Å². The maximum Gasteiger partial charge on any atom is 0.205 e. The van der Waals surface area contributed by atoms with E-state index >= 15 is 0 Å². The maximum atomic E-state index is 12.9. The smallest absolute Gasteiger partial charge is 0.205 e. The molecule has 2 aromatic carbocycles. The summed E-state index contributed by atoms with van der Waals surface area (Å²) >= 11 is 0. The van der Waals surface area contributed by atoms with Crippen LogP contribution in [0.2, 0.25) is 0 Å². The lowest BCUT2D eigenvalue weighted by molar-refractivity contribution is 0.0960. The molecule has 0 saturated carbocycles. The Kier molecular flexibility index (Phi) is 5.43. The number of ketones is 1. The molecule has 0 N–H and O–H groups in total. The zero-order valence-electron chi connectivity index (χ0n) is 17.2. The van der Waals surface area contributed by atoms with Crippen molar-refractivity contribution in [2.75, 3.05) is 7.11 Å². The Morgan fingerprint density at radius 2 is 1.83 bits per heavy atom. The highest BCUT2D eigenvalue weighted by atomic mass is 16.5. The topological polar surface area (TPSA) is 74.8 Å². The standard InChI is InChI=1S/C23H23N5O2/c1-16-12-21(17(2)27(16)14-18-8-5-4-6-9-18)22(29)15-28-25-23(24-26-28)19-10-7-11-20(13-19)30-3/h4-13H,14-15H2,1-3H3. The summed E-state index contributed by atoms with van der Waals surface area (Å²) in [7, 11) is 1.61. The zero-order valence-corrected chi connectivity index (χ0v) is 17.2. The molecule has 2 heterocycles. The molecular formula is C23H23N5O2. The molecule has 7 heteroatoms. The molecule has 0 saturated heterocycles. The summed E-state index contributed by atoms with van der Waals surface area (Å²) in [5, 5.41) is 12.5. The van der Waals surface area contributed by atoms with Gasteiger partial charge in [-0.1, -0.05) is 42.5 Å². The highest BCUT2D eigenvalue weighted by Crippen LogP contribution is 2.21. The number of methoxy groups -OCH3 is 1. The van der Waals surface area contributed by atoms with E-state index in [1.54, 1.807) is 7.11 Å². The van der Waals surface area contributed by atoms with E-state index in [-0.39, 0.29) is 12.3 Å². The molecule has 2 aromatic heterocycles. The van der Waals surface area contributed by atoms with E-state index in [4.69, 9.17) is 4.74 Å². The molecule has 7 nitrogen and oxygen atoms in total. The van der Waals surface area contributed by atoms with Gasteiger partial charge in [-0.2, -0.15) is 4.80 Å². The van der Waals surface area contributed by atoms with Crippen molar-refractivity contribution in [2.45, 2.75) is 26.9 Å². The maximum absolute atomic E-state index is 12.9. The van der Waals surface area contributed by atoms with Crippen molar-refractivity contribution in [3.63, 3.8) is 0 Å². The molecule has 30 heavy (non-hydrogen) atoms. The summed E-state index contributed by atoms with van der Waals surface area (Å²) in [5.41, 5.74) is 4.65. The van der Waals surface area contributed by atoms with Gasteiger partial charge in [-0.05, 0) is 42.8 Å². The molecule has 0 bridgehead atoms. The first-order chi connectivity index (χ1) is 14.5. The number of carbonyl (C=O) groups is 1. The highest BCUT2D eigenvalue weighted by Gasteiger charge is 2.18. The van der Waals surface area contributed by atoms with Crippen molar-refractivity contribution in [2.24, 2.45) is 0 Å². The van der Waals surface area contributed by atoms with Gasteiger partial charge in [0.05, 0.1) is 7.11 Å². The third kappa shape index (κ3) is 4.00. The third-order valence-corrected chi connectivity index (χ3v) is 5.12. The van der Waals surface area contributed by atoms with Crippen LogP contribution in [0.4, 0.5) is 0 Å². The van der Waals surface area contributed by atoms with Gasteiger partial charge in [0.15, 0.2) is 5.78 Å². The summed E-state index contributed by atoms with van der Waals surface area (Å²) in [5.74, 6) is 1.12. The fraction of sp³-hybridized carbons (Fsp3) is 0.217. The van der Waals surface area contributed by atoms with Crippen LogP contribution in [0.3, 0.4) is 0 Å². The molecule has 0 unspecified atom stereocenters. The minimum atomic E-state index is -0.0444. The zero-order chi connectivity index (χ0) is 21.1. The van der Waals surface area contributed by atoms with E-state index < -0.39 is 0 Å². The summed E-state index contributed by atoms with van der Waals surface area (Å²) in [6.45, 7) is 4.75. The van der Waals surface area contributed by atoms with Crippen LogP contribution in [0.5, 0.6) is 5.75 Å². The van der Waals surface area contributed by atoms with Crippen LogP contribution >= 0.6 is 0 Å². The fourth-order valence-electron chi connectivity index (χ4n) is 3.49. The molecule has 0 radical (unpaired) electrons. The van der Waals surface area contributed by atoms with Crippen molar-refractivity contribution in [3.05, 3.63) is 83.2 Å². The number of Topliss-reactive ketones (excluding diaryl/α,β-unsaturated/α-hetero) is 1. The van der Waals surface area contributed by atoms with E-state index in [0.717, 1.165) is 23.5 Å². The number of hydrogen-bond donors (Lipinski definition) is 0. The third-order valence-electron chi connectivity index (χ3n) is 5.12. The largest absolute Gasteiger partial charge is 0.497 e. The van der Waals surface area contributed by atoms with Gasteiger partial charge in [-0.3, -0.25) is 4.79 Å². The monoisotopic (exact) mass is 401 g/mol.